The van der Waals surface area contributed by atoms with Crippen LogP contribution in [0.25, 0.3) is 16.7 Å². The van der Waals surface area contributed by atoms with Crippen LogP contribution < -0.4 is 16.0 Å². The van der Waals surface area contributed by atoms with Gasteiger partial charge in [-0.25, -0.2) is 19.4 Å². The molecule has 170 valence electrons. The number of anilines is 1. The van der Waals surface area contributed by atoms with Gasteiger partial charge in [-0.15, -0.1) is 0 Å². The van der Waals surface area contributed by atoms with Gasteiger partial charge in [-0.1, -0.05) is 30.7 Å². The summed E-state index contributed by atoms with van der Waals surface area (Å²) in [7, 11) is 0. The van der Waals surface area contributed by atoms with Crippen molar-refractivity contribution < 1.29 is 4.79 Å². The molecule has 0 saturated heterocycles. The van der Waals surface area contributed by atoms with Gasteiger partial charge in [0.2, 0.25) is 0 Å². The number of hydrogen-bond donors (Lipinski definition) is 3. The predicted octanol–water partition coefficient (Wildman–Crippen LogP) is 4.52. The first-order valence-electron chi connectivity index (χ1n) is 11.3. The first-order valence-corrected chi connectivity index (χ1v) is 11.6. The van der Waals surface area contributed by atoms with Crippen LogP contribution in [0.2, 0.25) is 5.02 Å². The van der Waals surface area contributed by atoms with E-state index in [0.717, 1.165) is 60.3 Å². The van der Waals surface area contributed by atoms with Gasteiger partial charge in [0.15, 0.2) is 5.65 Å². The second-order valence-corrected chi connectivity index (χ2v) is 8.77. The molecule has 32 heavy (non-hydrogen) atoms. The number of hydrogen-bond acceptors (Lipinski definition) is 5. The molecule has 0 bridgehead atoms. The second-order valence-electron chi connectivity index (χ2n) is 8.36. The number of aromatic nitrogens is 4. The van der Waals surface area contributed by atoms with Crippen LogP contribution >= 0.6 is 11.6 Å². The molecular weight excluding hydrogens is 426 g/mol. The van der Waals surface area contributed by atoms with Crippen molar-refractivity contribution in [1.29, 1.82) is 0 Å². The zero-order valence-corrected chi connectivity index (χ0v) is 19.5. The Morgan fingerprint density at radius 3 is 2.56 bits per heavy atom. The normalized spacial score (nSPS) is 18.5. The minimum atomic E-state index is -0.0704. The van der Waals surface area contributed by atoms with Gasteiger partial charge < -0.3 is 16.0 Å². The molecule has 2 aromatic heterocycles. The molecule has 1 saturated carbocycles. The van der Waals surface area contributed by atoms with Gasteiger partial charge >= 0.3 is 6.03 Å². The predicted molar refractivity (Wildman–Crippen MR) is 128 cm³/mol. The largest absolute Gasteiger partial charge is 0.367 e. The van der Waals surface area contributed by atoms with Crippen molar-refractivity contribution >= 4 is 34.5 Å². The van der Waals surface area contributed by atoms with Crippen LogP contribution in [0.3, 0.4) is 0 Å². The maximum Gasteiger partial charge on any atom is 0.315 e. The summed E-state index contributed by atoms with van der Waals surface area (Å²) in [6.07, 6.45) is 4.72. The fourth-order valence-electron chi connectivity index (χ4n) is 4.24. The molecule has 2 heterocycles. The number of fused-ring (bicyclic) bond motifs is 1. The van der Waals surface area contributed by atoms with Crippen molar-refractivity contribution in [3.8, 4) is 5.69 Å². The molecular formula is C23H30ClN7O. The minimum Gasteiger partial charge on any atom is -0.367 e. The van der Waals surface area contributed by atoms with Crippen LogP contribution in [0.1, 0.15) is 50.5 Å². The number of benzene rings is 1. The molecule has 8 nitrogen and oxygen atoms in total. The second kappa shape index (κ2) is 9.73. The highest BCUT2D eigenvalue weighted by atomic mass is 35.5. The van der Waals surface area contributed by atoms with E-state index in [1.807, 2.05) is 45.0 Å². The van der Waals surface area contributed by atoms with Crippen molar-refractivity contribution in [2.45, 2.75) is 65.0 Å². The van der Waals surface area contributed by atoms with Crippen LogP contribution in [0.15, 0.2) is 24.3 Å². The van der Waals surface area contributed by atoms with Gasteiger partial charge in [0.25, 0.3) is 0 Å². The van der Waals surface area contributed by atoms with E-state index in [1.165, 1.54) is 0 Å². The topological polar surface area (TPSA) is 96.8 Å². The van der Waals surface area contributed by atoms with Gasteiger partial charge in [0, 0.05) is 18.6 Å². The molecule has 0 unspecified atom stereocenters. The Bertz CT molecular complexity index is 1110. The molecule has 0 atom stereocenters. The van der Waals surface area contributed by atoms with Crippen LogP contribution in [0, 0.1) is 13.8 Å². The van der Waals surface area contributed by atoms with E-state index < -0.39 is 0 Å². The molecule has 0 spiro atoms. The van der Waals surface area contributed by atoms with Crippen molar-refractivity contribution in [3.63, 3.8) is 0 Å². The maximum atomic E-state index is 11.9. The Hall–Kier alpha value is -2.87. The lowest BCUT2D eigenvalue weighted by atomic mass is 9.91. The van der Waals surface area contributed by atoms with Crippen LogP contribution in [-0.2, 0) is 0 Å². The highest BCUT2D eigenvalue weighted by molar-refractivity contribution is 6.32. The van der Waals surface area contributed by atoms with Crippen molar-refractivity contribution in [3.05, 3.63) is 40.8 Å². The van der Waals surface area contributed by atoms with E-state index in [4.69, 9.17) is 21.7 Å². The lowest BCUT2D eigenvalue weighted by Crippen LogP contribution is -2.45. The highest BCUT2D eigenvalue weighted by Crippen LogP contribution is 2.31. The number of rotatable bonds is 6. The number of carbonyl (C=O) groups is 1. The number of halogens is 1. The average molecular weight is 456 g/mol. The van der Waals surface area contributed by atoms with Crippen molar-refractivity contribution in [1.82, 2.24) is 30.4 Å². The Kier molecular flexibility index (Phi) is 6.79. The van der Waals surface area contributed by atoms with E-state index in [2.05, 4.69) is 20.9 Å². The monoisotopic (exact) mass is 455 g/mol. The quantitative estimate of drug-likeness (QED) is 0.507. The third kappa shape index (κ3) is 4.80. The maximum absolute atomic E-state index is 11.9. The summed E-state index contributed by atoms with van der Waals surface area (Å²) in [6, 6.07) is 8.04. The van der Waals surface area contributed by atoms with Gasteiger partial charge in [-0.2, -0.15) is 5.10 Å². The molecule has 3 aromatic rings. The fourth-order valence-corrected chi connectivity index (χ4v) is 4.45. The van der Waals surface area contributed by atoms with Gasteiger partial charge in [0.1, 0.15) is 11.6 Å². The molecule has 1 aliphatic rings. The summed E-state index contributed by atoms with van der Waals surface area (Å²) in [4.78, 5) is 21.3. The van der Waals surface area contributed by atoms with E-state index in [-0.39, 0.29) is 18.1 Å². The van der Waals surface area contributed by atoms with Crippen LogP contribution in [0.4, 0.5) is 10.6 Å². The Balaban J connectivity index is 1.51. The molecule has 0 aliphatic heterocycles. The molecule has 1 aromatic carbocycles. The molecule has 2 amide bonds. The average Bonchev–Trinajstić information content (AvgIpc) is 3.10. The van der Waals surface area contributed by atoms with Crippen molar-refractivity contribution in [2.75, 3.05) is 11.9 Å². The summed E-state index contributed by atoms with van der Waals surface area (Å²) in [5, 5.41) is 15.8. The highest BCUT2D eigenvalue weighted by Gasteiger charge is 2.25. The molecule has 4 rings (SSSR count). The summed E-state index contributed by atoms with van der Waals surface area (Å²) in [6.45, 7) is 6.60. The summed E-state index contributed by atoms with van der Waals surface area (Å²) >= 11 is 6.43. The first-order chi connectivity index (χ1) is 15.5. The summed E-state index contributed by atoms with van der Waals surface area (Å²) in [5.74, 6) is 1.48. The molecule has 0 radical (unpaired) electrons. The first kappa shape index (κ1) is 22.3. The van der Waals surface area contributed by atoms with E-state index in [1.54, 1.807) is 4.68 Å². The van der Waals surface area contributed by atoms with Crippen LogP contribution in [-0.4, -0.2) is 44.4 Å². The lowest BCUT2D eigenvalue weighted by Gasteiger charge is -2.30. The number of nitrogens with zero attached hydrogens (tertiary/aromatic N) is 4. The number of amides is 2. The van der Waals surface area contributed by atoms with E-state index >= 15 is 0 Å². The van der Waals surface area contributed by atoms with Gasteiger partial charge in [-0.3, -0.25) is 0 Å². The Morgan fingerprint density at radius 2 is 1.84 bits per heavy atom. The zero-order chi connectivity index (χ0) is 22.7. The summed E-state index contributed by atoms with van der Waals surface area (Å²) < 4.78 is 1.79. The SMILES string of the molecule is CCCNC(=O)NC1CCC(Nc2nc(C)nc3c2c(C)nn3-c2ccccc2Cl)CC1. The number of para-hydroxylation sites is 1. The number of nitrogens with one attached hydrogen (secondary N) is 3. The van der Waals surface area contributed by atoms with Crippen LogP contribution in [0.5, 0.6) is 0 Å². The standard InChI is InChI=1S/C23H30ClN7O/c1-4-13-25-23(32)29-17-11-9-16(10-12-17)28-21-20-14(2)30-31(22(20)27-15(3)26-21)19-8-6-5-7-18(19)24/h5-8,16-17H,4,9-13H2,1-3H3,(H2,25,29,32)(H,26,27,28). The zero-order valence-electron chi connectivity index (χ0n) is 18.8. The number of urea groups is 1. The molecule has 9 heteroatoms. The van der Waals surface area contributed by atoms with Crippen molar-refractivity contribution in [2.24, 2.45) is 0 Å². The Morgan fingerprint density at radius 1 is 1.12 bits per heavy atom. The summed E-state index contributed by atoms with van der Waals surface area (Å²) in [5.41, 5.74) is 2.39. The number of carbonyl (C=O) groups excluding carboxylic acids is 1. The minimum absolute atomic E-state index is 0.0704. The van der Waals surface area contributed by atoms with E-state index in [0.29, 0.717) is 17.4 Å². The third-order valence-electron chi connectivity index (χ3n) is 5.83. The fraction of sp³-hybridized carbons (Fsp3) is 0.478. The molecule has 1 aliphatic carbocycles. The third-order valence-corrected chi connectivity index (χ3v) is 6.15. The van der Waals surface area contributed by atoms with Gasteiger partial charge in [0.05, 0.1) is 21.8 Å². The smallest absolute Gasteiger partial charge is 0.315 e. The molecule has 1 fully saturated rings. The Labute approximate surface area is 193 Å². The van der Waals surface area contributed by atoms with Gasteiger partial charge in [-0.05, 0) is 58.1 Å². The lowest BCUT2D eigenvalue weighted by molar-refractivity contribution is 0.232. The van der Waals surface area contributed by atoms with E-state index in [9.17, 15) is 4.79 Å². The molecule has 3 N–H and O–H groups in total. The number of aryl methyl sites for hydroxylation is 2.